The van der Waals surface area contributed by atoms with Gasteiger partial charge in [0, 0.05) is 34.8 Å². The molecule has 17 nitrogen and oxygen atoms in total. The molecule has 276 valence electrons. The number of nitrogens with one attached hydrogen (secondary N) is 3. The maximum atomic E-state index is 13.0. The van der Waals surface area contributed by atoms with Crippen LogP contribution in [0.1, 0.15) is 6.92 Å². The van der Waals surface area contributed by atoms with E-state index in [0.717, 1.165) is 6.07 Å². The van der Waals surface area contributed by atoms with Gasteiger partial charge in [-0.15, -0.1) is 10.2 Å². The van der Waals surface area contributed by atoms with Crippen molar-refractivity contribution in [2.75, 3.05) is 16.0 Å². The van der Waals surface area contributed by atoms with Crippen LogP contribution in [-0.2, 0) is 34.0 Å². The Bertz CT molecular complexity index is 2690. The molecule has 6 aromatic carbocycles. The predicted molar refractivity (Wildman–Crippen MR) is 196 cm³/mol. The summed E-state index contributed by atoms with van der Waals surface area (Å²) < 4.78 is 60.7. The average Bonchev–Trinajstić information content (AvgIpc) is 3.11. The minimum absolute atomic E-state index is 0. The zero-order chi connectivity index (χ0) is 37.9. The third kappa shape index (κ3) is 10.7. The molecule has 0 fully saturated rings. The van der Waals surface area contributed by atoms with E-state index in [1.807, 2.05) is 0 Å². The predicted octanol–water partition coefficient (Wildman–Crippen LogP) is 2.24. The fourth-order valence-electron chi connectivity index (χ4n) is 5.19. The first kappa shape index (κ1) is 45.6. The van der Waals surface area contributed by atoms with Gasteiger partial charge < -0.3 is 44.6 Å². The molecule has 0 saturated carbocycles. The molecule has 0 radical (unpaired) electrons. The SMILES string of the molecule is CC(=O)Nc1ccc(N=Nc2c(S(=O)(=O)[O-])cc3cc(NC(=O)Nc4ccc5c(O)c(N=Nc6ccccc6)c([S-](=O)=O)cc5c4)ccc3c2O)cc1.[Na+].[Na+].[OH-]. The van der Waals surface area contributed by atoms with E-state index in [1.54, 1.807) is 30.3 Å². The van der Waals surface area contributed by atoms with Crippen molar-refractivity contribution in [2.45, 2.75) is 16.7 Å². The average molecular weight is 815 g/mol. The minimum atomic E-state index is -5.18. The summed E-state index contributed by atoms with van der Waals surface area (Å²) in [7, 11) is -7.98. The number of carbonyl (C=O) groups is 2. The van der Waals surface area contributed by atoms with Gasteiger partial charge in [-0.1, -0.05) is 24.3 Å². The monoisotopic (exact) mass is 814 g/mol. The molecule has 21 heteroatoms. The van der Waals surface area contributed by atoms with Crippen LogP contribution in [0, 0.1) is 0 Å². The Kier molecular flexibility index (Phi) is 15.8. The van der Waals surface area contributed by atoms with Gasteiger partial charge in [-0.3, -0.25) is 4.79 Å². The molecule has 6 aromatic rings. The second kappa shape index (κ2) is 19.4. The van der Waals surface area contributed by atoms with Crippen LogP contribution in [0.25, 0.3) is 21.5 Å². The standard InChI is InChI=1S/C35H26N7O9S2.2Na.H2O/c1-19(43)36-22-7-9-24(10-8-22)40-42-32-30(53(49,50)51)18-21-16-26(12-14-28(21)34(32)45)38-35(46)37-25-11-13-27-20(15-25)17-29(52(47)48)31(33(27)44)41-39-23-5-3-2-4-6-23;;;/h2-18,44-45H,1H3,(H,36,43)(H2,37,38,46)(H,49,50,51);;;1H2/q-1;2*+1;/p-2. The number of hydrogen-bond acceptors (Lipinski definition) is 15. The Morgan fingerprint density at radius 3 is 1.64 bits per heavy atom. The normalized spacial score (nSPS) is 11.2. The minimum Gasteiger partial charge on any atom is -0.870 e. The number of anilines is 3. The quantitative estimate of drug-likeness (QED) is 0.0614. The summed E-state index contributed by atoms with van der Waals surface area (Å²) in [6.07, 6.45) is 0. The molecule has 0 aromatic heterocycles. The van der Waals surface area contributed by atoms with E-state index in [2.05, 4.69) is 36.4 Å². The molecule has 0 saturated heterocycles. The first-order chi connectivity index (χ1) is 25.3. The Morgan fingerprint density at radius 2 is 1.12 bits per heavy atom. The number of rotatable bonds is 9. The molecule has 0 spiro atoms. The molecule has 0 aliphatic carbocycles. The fraction of sp³-hybridized carbons (Fsp3) is 0.0286. The molecule has 0 bridgehead atoms. The molecule has 6 rings (SSSR count). The number of azo groups is 2. The van der Waals surface area contributed by atoms with Gasteiger partial charge in [0.25, 0.3) is 0 Å². The zero-order valence-corrected chi connectivity index (χ0v) is 35.3. The van der Waals surface area contributed by atoms with Crippen molar-refractivity contribution in [3.05, 3.63) is 103 Å². The Morgan fingerprint density at radius 1 is 0.643 bits per heavy atom. The summed E-state index contributed by atoms with van der Waals surface area (Å²) in [5.74, 6) is -1.36. The number of carbonyl (C=O) groups excluding carboxylic acids is 2. The third-order valence-electron chi connectivity index (χ3n) is 7.54. The number of nitrogens with zero attached hydrogens (tertiary/aromatic N) is 4. The summed E-state index contributed by atoms with van der Waals surface area (Å²) >= 11 is 0. The van der Waals surface area contributed by atoms with Crippen LogP contribution in [0.4, 0.5) is 44.6 Å². The molecule has 0 atom stereocenters. The van der Waals surface area contributed by atoms with Crippen LogP contribution < -0.4 is 75.1 Å². The maximum Gasteiger partial charge on any atom is 1.00 e. The number of hydrogen-bond donors (Lipinski definition) is 5. The van der Waals surface area contributed by atoms with Gasteiger partial charge in [0.15, 0.2) is 5.75 Å². The summed E-state index contributed by atoms with van der Waals surface area (Å²) in [5.41, 5.74) is 0.672. The van der Waals surface area contributed by atoms with Gasteiger partial charge in [-0.2, -0.15) is 10.2 Å². The first-order valence-electron chi connectivity index (χ1n) is 15.3. The van der Waals surface area contributed by atoms with Gasteiger partial charge in [-0.25, -0.2) is 13.2 Å². The van der Waals surface area contributed by atoms with E-state index >= 15 is 0 Å². The second-order valence-corrected chi connectivity index (χ2v) is 13.5. The van der Waals surface area contributed by atoms with Gasteiger partial charge in [0.1, 0.15) is 27.2 Å². The van der Waals surface area contributed by atoms with Crippen molar-refractivity contribution in [3.63, 3.8) is 0 Å². The van der Waals surface area contributed by atoms with Crippen molar-refractivity contribution < 1.29 is 106 Å². The molecular weight excluding hydrogens is 789 g/mol. The number of benzene rings is 6. The number of phenols is 2. The van der Waals surface area contributed by atoms with Crippen LogP contribution in [-0.4, -0.2) is 40.6 Å². The van der Waals surface area contributed by atoms with E-state index < -0.39 is 48.9 Å². The van der Waals surface area contributed by atoms with E-state index in [9.17, 15) is 41.2 Å². The smallest absolute Gasteiger partial charge is 0.870 e. The van der Waals surface area contributed by atoms with Crippen molar-refractivity contribution in [1.29, 1.82) is 0 Å². The van der Waals surface area contributed by atoms with Gasteiger partial charge >= 0.3 is 65.1 Å². The molecular formula is C35H26N7Na2O10S2-. The summed E-state index contributed by atoms with van der Waals surface area (Å²) in [4.78, 5) is 23.0. The van der Waals surface area contributed by atoms with Crippen molar-refractivity contribution in [2.24, 2.45) is 20.5 Å². The van der Waals surface area contributed by atoms with E-state index in [4.69, 9.17) is 0 Å². The number of aromatic hydroxyl groups is 2. The van der Waals surface area contributed by atoms with Crippen molar-refractivity contribution in [1.82, 2.24) is 0 Å². The Hall–Kier alpha value is -4.80. The topological polar surface area (TPSA) is 281 Å². The third-order valence-corrected chi connectivity index (χ3v) is 9.06. The molecule has 56 heavy (non-hydrogen) atoms. The van der Waals surface area contributed by atoms with Crippen LogP contribution >= 0.6 is 0 Å². The van der Waals surface area contributed by atoms with Crippen LogP contribution in [0.5, 0.6) is 11.5 Å². The summed E-state index contributed by atoms with van der Waals surface area (Å²) in [6, 6.07) is 24.5. The van der Waals surface area contributed by atoms with Gasteiger partial charge in [-0.05, 0) is 105 Å². The molecule has 0 unspecified atom stereocenters. The van der Waals surface area contributed by atoms with Crippen molar-refractivity contribution in [3.8, 4) is 11.5 Å². The van der Waals surface area contributed by atoms with Crippen LogP contribution in [0.15, 0.2) is 133 Å². The summed E-state index contributed by atoms with van der Waals surface area (Å²) in [6.45, 7) is 1.34. The molecule has 3 amide bonds. The number of fused-ring (bicyclic) bond motifs is 2. The molecule has 0 aliphatic heterocycles. The molecule has 0 aliphatic rings. The number of phenolic OH excluding ortho intramolecular Hbond substituents is 2. The Balaban J connectivity index is 0.00000280. The van der Waals surface area contributed by atoms with Crippen molar-refractivity contribution >= 4 is 94.1 Å². The first-order valence-corrected chi connectivity index (χ1v) is 17.7. The summed E-state index contributed by atoms with van der Waals surface area (Å²) in [5, 5.41) is 46.0. The van der Waals surface area contributed by atoms with E-state index in [0.29, 0.717) is 11.4 Å². The van der Waals surface area contributed by atoms with Crippen LogP contribution in [0.2, 0.25) is 0 Å². The van der Waals surface area contributed by atoms with E-state index in [1.165, 1.54) is 73.7 Å². The maximum absolute atomic E-state index is 13.0. The number of urea groups is 1. The van der Waals surface area contributed by atoms with Gasteiger partial charge in [0.05, 0.1) is 16.3 Å². The number of amides is 3. The van der Waals surface area contributed by atoms with Gasteiger partial charge in [0.2, 0.25) is 5.91 Å². The zero-order valence-electron chi connectivity index (χ0n) is 29.6. The Labute approximate surface area is 364 Å². The fourth-order valence-corrected chi connectivity index (χ4v) is 6.35. The van der Waals surface area contributed by atoms with E-state index in [-0.39, 0.29) is 120 Å². The molecule has 6 N–H and O–H groups in total. The molecule has 0 heterocycles. The van der Waals surface area contributed by atoms with Crippen LogP contribution in [0.3, 0.4) is 0 Å². The second-order valence-electron chi connectivity index (χ2n) is 11.2. The largest absolute Gasteiger partial charge is 1.00 e.